The van der Waals surface area contributed by atoms with E-state index in [0.717, 1.165) is 36.3 Å². The molecule has 1 unspecified atom stereocenters. The van der Waals surface area contributed by atoms with Crippen LogP contribution in [0.4, 0.5) is 4.39 Å². The summed E-state index contributed by atoms with van der Waals surface area (Å²) in [6.07, 6.45) is 3.83. The van der Waals surface area contributed by atoms with Gasteiger partial charge in [-0.1, -0.05) is 57.5 Å². The summed E-state index contributed by atoms with van der Waals surface area (Å²) in [5, 5.41) is 15.5. The van der Waals surface area contributed by atoms with E-state index >= 15 is 0 Å². The van der Waals surface area contributed by atoms with Crippen molar-refractivity contribution in [2.45, 2.75) is 65.0 Å². The molecule has 1 fully saturated rings. The third-order valence-electron chi connectivity index (χ3n) is 6.24. The minimum Gasteiger partial charge on any atom is -0.435 e. The van der Waals surface area contributed by atoms with Crippen LogP contribution in [0.2, 0.25) is 0 Å². The van der Waals surface area contributed by atoms with Gasteiger partial charge in [0.25, 0.3) is 0 Å². The molecule has 0 saturated heterocycles. The lowest BCUT2D eigenvalue weighted by Gasteiger charge is -2.26. The average molecular weight is 466 g/mol. The summed E-state index contributed by atoms with van der Waals surface area (Å²) >= 11 is 0. The molecule has 1 atom stereocenters. The standard InChI is InChI=1S/C28H36FN3O2/c1-4-10-23(33)18-31(17-21-15-16-21)19-24-27(20(2)3)30-32(22-11-6-5-7-12-22)28(24)34-26-14-9-8-13-25(26)29/h5-9,11-14,20-21,23,33H,4,10,15-19H2,1-3H3. The van der Waals surface area contributed by atoms with Crippen molar-refractivity contribution < 1.29 is 14.2 Å². The quantitative estimate of drug-likeness (QED) is 0.341. The van der Waals surface area contributed by atoms with E-state index in [-0.39, 0.29) is 17.8 Å². The topological polar surface area (TPSA) is 50.5 Å². The Morgan fingerprint density at radius 1 is 1.12 bits per heavy atom. The van der Waals surface area contributed by atoms with Crippen molar-refractivity contribution in [3.05, 3.63) is 71.7 Å². The van der Waals surface area contributed by atoms with Crippen molar-refractivity contribution >= 4 is 0 Å². The predicted molar refractivity (Wildman–Crippen MR) is 133 cm³/mol. The van der Waals surface area contributed by atoms with Gasteiger partial charge in [0.2, 0.25) is 5.88 Å². The number of hydrogen-bond donors (Lipinski definition) is 1. The van der Waals surface area contributed by atoms with Crippen LogP contribution >= 0.6 is 0 Å². The van der Waals surface area contributed by atoms with Crippen LogP contribution in [-0.2, 0) is 6.54 Å². The van der Waals surface area contributed by atoms with E-state index in [4.69, 9.17) is 9.84 Å². The largest absolute Gasteiger partial charge is 0.435 e. The zero-order valence-electron chi connectivity index (χ0n) is 20.5. The first-order valence-electron chi connectivity index (χ1n) is 12.5. The number of aliphatic hydroxyl groups is 1. The van der Waals surface area contributed by atoms with Crippen LogP contribution in [0.25, 0.3) is 5.69 Å². The molecule has 2 aromatic carbocycles. The van der Waals surface area contributed by atoms with E-state index in [1.54, 1.807) is 22.9 Å². The summed E-state index contributed by atoms with van der Waals surface area (Å²) in [5.74, 6) is 1.14. The lowest BCUT2D eigenvalue weighted by molar-refractivity contribution is 0.0976. The maximum atomic E-state index is 14.6. The van der Waals surface area contributed by atoms with Gasteiger partial charge in [-0.2, -0.15) is 5.10 Å². The maximum Gasteiger partial charge on any atom is 0.227 e. The van der Waals surface area contributed by atoms with Crippen LogP contribution in [0.3, 0.4) is 0 Å². The lowest BCUT2D eigenvalue weighted by Crippen LogP contribution is -2.34. The van der Waals surface area contributed by atoms with Crippen molar-refractivity contribution in [1.82, 2.24) is 14.7 Å². The van der Waals surface area contributed by atoms with Gasteiger partial charge < -0.3 is 9.84 Å². The summed E-state index contributed by atoms with van der Waals surface area (Å²) in [4.78, 5) is 2.32. The lowest BCUT2D eigenvalue weighted by atomic mass is 10.0. The molecule has 1 saturated carbocycles. The molecule has 182 valence electrons. The highest BCUT2D eigenvalue weighted by atomic mass is 19.1. The SMILES string of the molecule is CCCC(O)CN(Cc1c(C(C)C)nn(-c2ccccc2)c1Oc1ccccc1F)CC1CC1. The van der Waals surface area contributed by atoms with E-state index < -0.39 is 5.82 Å². The van der Waals surface area contributed by atoms with Crippen molar-refractivity contribution in [3.63, 3.8) is 0 Å². The van der Waals surface area contributed by atoms with Gasteiger partial charge in [0.15, 0.2) is 11.6 Å². The summed E-state index contributed by atoms with van der Waals surface area (Å²) in [7, 11) is 0. The molecule has 1 N–H and O–H groups in total. The molecule has 0 spiro atoms. The normalized spacial score (nSPS) is 14.7. The second-order valence-corrected chi connectivity index (χ2v) is 9.68. The second kappa shape index (κ2) is 11.2. The summed E-state index contributed by atoms with van der Waals surface area (Å²) < 4.78 is 22.7. The van der Waals surface area contributed by atoms with Crippen LogP contribution in [0.5, 0.6) is 11.6 Å². The second-order valence-electron chi connectivity index (χ2n) is 9.68. The number of benzene rings is 2. The van der Waals surface area contributed by atoms with Crippen molar-refractivity contribution in [1.29, 1.82) is 0 Å². The van der Waals surface area contributed by atoms with Gasteiger partial charge in [0.05, 0.1) is 23.0 Å². The number of para-hydroxylation sites is 2. The third-order valence-corrected chi connectivity index (χ3v) is 6.24. The Balaban J connectivity index is 1.76. The molecule has 3 aromatic rings. The molecule has 1 aliphatic rings. The Morgan fingerprint density at radius 2 is 1.82 bits per heavy atom. The molecule has 0 amide bonds. The number of hydrogen-bond acceptors (Lipinski definition) is 4. The van der Waals surface area contributed by atoms with Gasteiger partial charge in [-0.3, -0.25) is 4.90 Å². The Hall–Kier alpha value is -2.70. The van der Waals surface area contributed by atoms with Crippen LogP contribution in [0.15, 0.2) is 54.6 Å². The Labute approximate surface area is 202 Å². The fourth-order valence-electron chi connectivity index (χ4n) is 4.36. The van der Waals surface area contributed by atoms with Crippen molar-refractivity contribution in [2.24, 2.45) is 5.92 Å². The van der Waals surface area contributed by atoms with Crippen LogP contribution in [0.1, 0.15) is 63.6 Å². The first-order chi connectivity index (χ1) is 16.5. The van der Waals surface area contributed by atoms with Crippen LogP contribution < -0.4 is 4.74 Å². The van der Waals surface area contributed by atoms with Crippen molar-refractivity contribution in [3.8, 4) is 17.3 Å². The molecule has 1 aliphatic carbocycles. The summed E-state index contributed by atoms with van der Waals surface area (Å²) in [6, 6.07) is 16.3. The smallest absolute Gasteiger partial charge is 0.227 e. The van der Waals surface area contributed by atoms with E-state index in [1.807, 2.05) is 30.3 Å². The monoisotopic (exact) mass is 465 g/mol. The van der Waals surface area contributed by atoms with Gasteiger partial charge in [0, 0.05) is 19.6 Å². The Kier molecular flexibility index (Phi) is 8.01. The maximum absolute atomic E-state index is 14.6. The molecular weight excluding hydrogens is 429 g/mol. The van der Waals surface area contributed by atoms with Gasteiger partial charge in [-0.15, -0.1) is 0 Å². The number of halogens is 1. The molecule has 1 heterocycles. The first-order valence-corrected chi connectivity index (χ1v) is 12.5. The molecule has 5 nitrogen and oxygen atoms in total. The fourth-order valence-corrected chi connectivity index (χ4v) is 4.36. The molecule has 0 bridgehead atoms. The van der Waals surface area contributed by atoms with Crippen LogP contribution in [-0.4, -0.2) is 39.0 Å². The van der Waals surface area contributed by atoms with Crippen LogP contribution in [0, 0.1) is 11.7 Å². The molecule has 4 rings (SSSR count). The molecule has 0 aliphatic heterocycles. The number of aromatic nitrogens is 2. The average Bonchev–Trinajstić information content (AvgIpc) is 3.56. The zero-order chi connectivity index (χ0) is 24.1. The highest BCUT2D eigenvalue weighted by molar-refractivity contribution is 5.44. The van der Waals surface area contributed by atoms with Gasteiger partial charge in [0.1, 0.15) is 0 Å². The molecule has 1 aromatic heterocycles. The summed E-state index contributed by atoms with van der Waals surface area (Å²) in [5.41, 5.74) is 2.74. The minimum atomic E-state index is -0.409. The van der Waals surface area contributed by atoms with Gasteiger partial charge in [-0.05, 0) is 55.4 Å². The third kappa shape index (κ3) is 6.05. The van der Waals surface area contributed by atoms with Gasteiger partial charge >= 0.3 is 0 Å². The molecular formula is C28H36FN3O2. The van der Waals surface area contributed by atoms with E-state index in [0.29, 0.717) is 24.9 Å². The fraction of sp³-hybridized carbons (Fsp3) is 0.464. The number of nitrogens with zero attached hydrogens (tertiary/aromatic N) is 3. The minimum absolute atomic E-state index is 0.159. The van der Waals surface area contributed by atoms with E-state index in [2.05, 4.69) is 25.7 Å². The zero-order valence-corrected chi connectivity index (χ0v) is 20.5. The highest BCUT2D eigenvalue weighted by Crippen LogP contribution is 2.37. The Bertz CT molecular complexity index is 1060. The first kappa shape index (κ1) is 24.4. The number of rotatable bonds is 12. The van der Waals surface area contributed by atoms with E-state index in [1.165, 1.54) is 18.9 Å². The van der Waals surface area contributed by atoms with Crippen molar-refractivity contribution in [2.75, 3.05) is 13.1 Å². The molecule has 6 heteroatoms. The predicted octanol–water partition coefficient (Wildman–Crippen LogP) is 6.30. The number of ether oxygens (including phenoxy) is 1. The Morgan fingerprint density at radius 3 is 2.47 bits per heavy atom. The van der Waals surface area contributed by atoms with E-state index in [9.17, 15) is 9.50 Å². The highest BCUT2D eigenvalue weighted by Gasteiger charge is 2.29. The summed E-state index contributed by atoms with van der Waals surface area (Å²) in [6.45, 7) is 8.47. The van der Waals surface area contributed by atoms with Gasteiger partial charge in [-0.25, -0.2) is 9.07 Å². The molecule has 34 heavy (non-hydrogen) atoms. The number of aliphatic hydroxyl groups excluding tert-OH is 1. The molecule has 0 radical (unpaired) electrons.